The van der Waals surface area contributed by atoms with Crippen LogP contribution in [0.5, 0.6) is 0 Å². The van der Waals surface area contributed by atoms with E-state index in [0.717, 1.165) is 12.8 Å². The zero-order chi connectivity index (χ0) is 9.03. The summed E-state index contributed by atoms with van der Waals surface area (Å²) >= 11 is 0. The zero-order valence-electron chi connectivity index (χ0n) is 7.84. The standard InChI is InChI=1S/C10H17NO/c1-3-10(12-2)6-4-9(8-11)5-7-10/h4-6H,3,7-8,11H2,1-2H3. The minimum absolute atomic E-state index is 0.0708. The fourth-order valence-electron chi connectivity index (χ4n) is 1.41. The molecule has 0 aliphatic heterocycles. The smallest absolute Gasteiger partial charge is 0.0893 e. The van der Waals surface area contributed by atoms with Crippen LogP contribution in [0.15, 0.2) is 23.8 Å². The molecule has 0 heterocycles. The molecule has 1 atom stereocenters. The highest BCUT2D eigenvalue weighted by Crippen LogP contribution is 2.26. The molecule has 1 aliphatic carbocycles. The van der Waals surface area contributed by atoms with Gasteiger partial charge in [0.25, 0.3) is 0 Å². The summed E-state index contributed by atoms with van der Waals surface area (Å²) in [5, 5.41) is 0. The van der Waals surface area contributed by atoms with Crippen molar-refractivity contribution in [2.24, 2.45) is 5.73 Å². The normalized spacial score (nSPS) is 28.8. The lowest BCUT2D eigenvalue weighted by atomic mass is 9.89. The summed E-state index contributed by atoms with van der Waals surface area (Å²) in [6.45, 7) is 2.76. The van der Waals surface area contributed by atoms with Crippen LogP contribution in [0.25, 0.3) is 0 Å². The van der Waals surface area contributed by atoms with Gasteiger partial charge in [-0.2, -0.15) is 0 Å². The maximum Gasteiger partial charge on any atom is 0.0893 e. The first-order valence-corrected chi connectivity index (χ1v) is 4.40. The van der Waals surface area contributed by atoms with E-state index < -0.39 is 0 Å². The quantitative estimate of drug-likeness (QED) is 0.693. The molecule has 0 aromatic carbocycles. The third-order valence-electron chi connectivity index (χ3n) is 2.55. The van der Waals surface area contributed by atoms with Crippen molar-refractivity contribution in [2.45, 2.75) is 25.4 Å². The molecule has 0 amide bonds. The maximum atomic E-state index is 5.51. The lowest BCUT2D eigenvalue weighted by molar-refractivity contribution is 0.0304. The highest BCUT2D eigenvalue weighted by Gasteiger charge is 2.24. The Labute approximate surface area is 74.1 Å². The Hall–Kier alpha value is -0.600. The van der Waals surface area contributed by atoms with Crippen molar-refractivity contribution in [1.29, 1.82) is 0 Å². The van der Waals surface area contributed by atoms with Crippen molar-refractivity contribution >= 4 is 0 Å². The molecule has 0 saturated carbocycles. The first kappa shape index (κ1) is 9.49. The average Bonchev–Trinajstić information content (AvgIpc) is 2.18. The number of ether oxygens (including phenoxy) is 1. The number of methoxy groups -OCH3 is 1. The summed E-state index contributed by atoms with van der Waals surface area (Å²) < 4.78 is 5.45. The summed E-state index contributed by atoms with van der Waals surface area (Å²) in [6.07, 6.45) is 8.30. The van der Waals surface area contributed by atoms with Gasteiger partial charge in [-0.1, -0.05) is 25.2 Å². The van der Waals surface area contributed by atoms with E-state index in [4.69, 9.17) is 10.5 Å². The molecule has 0 bridgehead atoms. The maximum absolute atomic E-state index is 5.51. The SMILES string of the molecule is CCC1(OC)C=CC(CN)=CC1. The summed E-state index contributed by atoms with van der Waals surface area (Å²) in [7, 11) is 1.76. The molecule has 0 radical (unpaired) electrons. The topological polar surface area (TPSA) is 35.2 Å². The van der Waals surface area contributed by atoms with Crippen molar-refractivity contribution in [1.82, 2.24) is 0 Å². The Morgan fingerprint density at radius 1 is 1.67 bits per heavy atom. The minimum atomic E-state index is -0.0708. The second-order valence-electron chi connectivity index (χ2n) is 3.14. The van der Waals surface area contributed by atoms with E-state index in [9.17, 15) is 0 Å². The molecule has 1 rings (SSSR count). The van der Waals surface area contributed by atoms with E-state index in [-0.39, 0.29) is 5.60 Å². The van der Waals surface area contributed by atoms with Gasteiger partial charge in [-0.15, -0.1) is 0 Å². The summed E-state index contributed by atoms with van der Waals surface area (Å²) in [5.41, 5.74) is 6.65. The van der Waals surface area contributed by atoms with Gasteiger partial charge in [0.05, 0.1) is 5.60 Å². The van der Waals surface area contributed by atoms with Crippen LogP contribution < -0.4 is 5.73 Å². The molecule has 2 N–H and O–H groups in total. The molecule has 0 saturated heterocycles. The molecule has 0 aromatic heterocycles. The fraction of sp³-hybridized carbons (Fsp3) is 0.600. The zero-order valence-corrected chi connectivity index (χ0v) is 7.84. The van der Waals surface area contributed by atoms with E-state index in [0.29, 0.717) is 6.54 Å². The van der Waals surface area contributed by atoms with Gasteiger partial charge in [-0.25, -0.2) is 0 Å². The second kappa shape index (κ2) is 3.87. The highest BCUT2D eigenvalue weighted by molar-refractivity contribution is 5.28. The van der Waals surface area contributed by atoms with E-state index in [1.807, 2.05) is 0 Å². The lowest BCUT2D eigenvalue weighted by Crippen LogP contribution is -2.29. The van der Waals surface area contributed by atoms with Crippen molar-refractivity contribution in [3.63, 3.8) is 0 Å². The first-order valence-electron chi connectivity index (χ1n) is 4.40. The Kier molecular flexibility index (Phi) is 3.06. The third kappa shape index (κ3) is 1.76. The second-order valence-corrected chi connectivity index (χ2v) is 3.14. The molecule has 1 aliphatic rings. The predicted molar refractivity (Wildman–Crippen MR) is 50.9 cm³/mol. The lowest BCUT2D eigenvalue weighted by Gasteiger charge is -2.29. The summed E-state index contributed by atoms with van der Waals surface area (Å²) in [4.78, 5) is 0. The molecule has 2 heteroatoms. The van der Waals surface area contributed by atoms with Crippen molar-refractivity contribution < 1.29 is 4.74 Å². The number of nitrogens with two attached hydrogens (primary N) is 1. The summed E-state index contributed by atoms with van der Waals surface area (Å²) in [6, 6.07) is 0. The summed E-state index contributed by atoms with van der Waals surface area (Å²) in [5.74, 6) is 0. The van der Waals surface area contributed by atoms with Crippen LogP contribution in [0.4, 0.5) is 0 Å². The molecule has 0 spiro atoms. The Balaban J connectivity index is 2.67. The molecule has 12 heavy (non-hydrogen) atoms. The monoisotopic (exact) mass is 167 g/mol. The van der Waals surface area contributed by atoms with Crippen LogP contribution in [0.3, 0.4) is 0 Å². The molecule has 68 valence electrons. The molecule has 2 nitrogen and oxygen atoms in total. The van der Waals surface area contributed by atoms with E-state index in [1.54, 1.807) is 7.11 Å². The third-order valence-corrected chi connectivity index (χ3v) is 2.55. The number of hydrogen-bond acceptors (Lipinski definition) is 2. The first-order chi connectivity index (χ1) is 5.76. The Morgan fingerprint density at radius 2 is 2.42 bits per heavy atom. The highest BCUT2D eigenvalue weighted by atomic mass is 16.5. The van der Waals surface area contributed by atoms with Gasteiger partial charge in [0.2, 0.25) is 0 Å². The van der Waals surface area contributed by atoms with Gasteiger partial charge in [-0.05, 0) is 18.4 Å². The Bertz CT molecular complexity index is 202. The largest absolute Gasteiger partial charge is 0.374 e. The van der Waals surface area contributed by atoms with Gasteiger partial charge in [0.15, 0.2) is 0 Å². The fourth-order valence-corrected chi connectivity index (χ4v) is 1.41. The van der Waals surface area contributed by atoms with Gasteiger partial charge in [-0.3, -0.25) is 0 Å². The van der Waals surface area contributed by atoms with Gasteiger partial charge < -0.3 is 10.5 Å². The van der Waals surface area contributed by atoms with Crippen molar-refractivity contribution in [2.75, 3.05) is 13.7 Å². The molecular formula is C10H17NO. The van der Waals surface area contributed by atoms with Gasteiger partial charge in [0, 0.05) is 13.7 Å². The number of rotatable bonds is 3. The predicted octanol–water partition coefficient (Wildman–Crippen LogP) is 1.63. The minimum Gasteiger partial charge on any atom is -0.374 e. The van der Waals surface area contributed by atoms with Crippen LogP contribution >= 0.6 is 0 Å². The average molecular weight is 167 g/mol. The van der Waals surface area contributed by atoms with Gasteiger partial charge in [0.1, 0.15) is 0 Å². The van der Waals surface area contributed by atoms with Crippen LogP contribution in [0, 0.1) is 0 Å². The molecule has 1 unspecified atom stereocenters. The van der Waals surface area contributed by atoms with E-state index in [1.165, 1.54) is 5.57 Å². The van der Waals surface area contributed by atoms with Gasteiger partial charge >= 0.3 is 0 Å². The van der Waals surface area contributed by atoms with Crippen LogP contribution in [-0.2, 0) is 4.74 Å². The van der Waals surface area contributed by atoms with Crippen molar-refractivity contribution in [3.8, 4) is 0 Å². The van der Waals surface area contributed by atoms with Crippen LogP contribution in [0.2, 0.25) is 0 Å². The van der Waals surface area contributed by atoms with E-state index >= 15 is 0 Å². The Morgan fingerprint density at radius 3 is 2.75 bits per heavy atom. The molecular weight excluding hydrogens is 150 g/mol. The van der Waals surface area contributed by atoms with Crippen LogP contribution in [0.1, 0.15) is 19.8 Å². The van der Waals surface area contributed by atoms with Crippen LogP contribution in [-0.4, -0.2) is 19.3 Å². The molecule has 0 aromatic rings. The number of hydrogen-bond donors (Lipinski definition) is 1. The molecule has 0 fully saturated rings. The van der Waals surface area contributed by atoms with E-state index in [2.05, 4.69) is 25.2 Å². The van der Waals surface area contributed by atoms with Crippen molar-refractivity contribution in [3.05, 3.63) is 23.8 Å².